The lowest BCUT2D eigenvalue weighted by Crippen LogP contribution is -2.30. The van der Waals surface area contributed by atoms with Crippen molar-refractivity contribution >= 4 is 28.9 Å². The first-order chi connectivity index (χ1) is 11.6. The van der Waals surface area contributed by atoms with Crippen molar-refractivity contribution < 1.29 is 27.5 Å². The fraction of sp³-hybridized carbons (Fsp3) is 0.294. The summed E-state index contributed by atoms with van der Waals surface area (Å²) in [4.78, 5) is 25.9. The van der Waals surface area contributed by atoms with Crippen molar-refractivity contribution in [3.8, 4) is 0 Å². The maximum atomic E-state index is 12.9. The topological polar surface area (TPSA) is 55.4 Å². The number of amides is 1. The minimum atomic E-state index is -4.60. The molecule has 1 heterocycles. The van der Waals surface area contributed by atoms with Gasteiger partial charge in [0.25, 0.3) is 5.91 Å². The van der Waals surface area contributed by atoms with Crippen LogP contribution >= 0.6 is 11.3 Å². The zero-order valence-electron chi connectivity index (χ0n) is 13.7. The number of rotatable bonds is 4. The van der Waals surface area contributed by atoms with Crippen LogP contribution in [0.5, 0.6) is 0 Å². The molecule has 2 aromatic rings. The summed E-state index contributed by atoms with van der Waals surface area (Å²) in [7, 11) is 0. The number of thiophene rings is 1. The Morgan fingerprint density at radius 2 is 1.84 bits per heavy atom. The molecule has 1 N–H and O–H groups in total. The van der Waals surface area contributed by atoms with Crippen molar-refractivity contribution in [3.63, 3.8) is 0 Å². The Morgan fingerprint density at radius 3 is 2.40 bits per heavy atom. The second-order valence-corrected chi connectivity index (χ2v) is 6.87. The number of benzene rings is 1. The maximum absolute atomic E-state index is 12.9. The number of halogens is 3. The number of anilines is 1. The number of nitrogens with one attached hydrogen (secondary N) is 1. The van der Waals surface area contributed by atoms with Crippen LogP contribution in [0.4, 0.5) is 18.9 Å². The van der Waals surface area contributed by atoms with Gasteiger partial charge in [-0.1, -0.05) is 12.1 Å². The second kappa shape index (κ2) is 7.26. The number of esters is 1. The first kappa shape index (κ1) is 19.0. The van der Waals surface area contributed by atoms with Crippen LogP contribution in [0.2, 0.25) is 0 Å². The molecule has 0 bridgehead atoms. The molecule has 0 fully saturated rings. The van der Waals surface area contributed by atoms with E-state index in [-0.39, 0.29) is 5.69 Å². The van der Waals surface area contributed by atoms with E-state index in [9.17, 15) is 22.8 Å². The first-order valence-electron chi connectivity index (χ1n) is 7.34. The Bertz CT molecular complexity index is 799. The molecule has 2 rings (SSSR count). The molecule has 1 atom stereocenters. The van der Waals surface area contributed by atoms with E-state index >= 15 is 0 Å². The van der Waals surface area contributed by atoms with Gasteiger partial charge in [0.2, 0.25) is 0 Å². The molecule has 0 saturated carbocycles. The van der Waals surface area contributed by atoms with E-state index in [1.165, 1.54) is 30.4 Å². The van der Waals surface area contributed by atoms with E-state index in [4.69, 9.17) is 4.74 Å². The number of aryl methyl sites for hydroxylation is 2. The molecule has 0 aliphatic heterocycles. The summed E-state index contributed by atoms with van der Waals surface area (Å²) in [6.45, 7) is 4.88. The minimum absolute atomic E-state index is 0.345. The number of hydrogen-bond donors (Lipinski definition) is 1. The Kier molecular flexibility index (Phi) is 5.52. The van der Waals surface area contributed by atoms with Crippen molar-refractivity contribution in [1.29, 1.82) is 0 Å². The van der Waals surface area contributed by atoms with Gasteiger partial charge in [-0.2, -0.15) is 13.2 Å². The summed E-state index contributed by atoms with van der Waals surface area (Å²) >= 11 is 1.41. The summed E-state index contributed by atoms with van der Waals surface area (Å²) in [6, 6.07) is 6.25. The molecule has 0 unspecified atom stereocenters. The van der Waals surface area contributed by atoms with Gasteiger partial charge in [-0.3, -0.25) is 4.79 Å². The van der Waals surface area contributed by atoms with Crippen LogP contribution in [0.1, 0.15) is 32.6 Å². The van der Waals surface area contributed by atoms with Gasteiger partial charge in [0, 0.05) is 9.75 Å². The molecule has 8 heteroatoms. The van der Waals surface area contributed by atoms with Crippen molar-refractivity contribution in [2.75, 3.05) is 5.32 Å². The lowest BCUT2D eigenvalue weighted by atomic mass is 10.1. The van der Waals surface area contributed by atoms with Crippen molar-refractivity contribution in [1.82, 2.24) is 0 Å². The molecule has 0 saturated heterocycles. The van der Waals surface area contributed by atoms with Gasteiger partial charge < -0.3 is 10.1 Å². The molecule has 0 spiro atoms. The Balaban J connectivity index is 2.09. The highest BCUT2D eigenvalue weighted by Crippen LogP contribution is 2.34. The maximum Gasteiger partial charge on any atom is 0.418 e. The fourth-order valence-corrected chi connectivity index (χ4v) is 3.10. The van der Waals surface area contributed by atoms with E-state index in [1.807, 2.05) is 6.92 Å². The zero-order chi connectivity index (χ0) is 18.8. The lowest BCUT2D eigenvalue weighted by molar-refractivity contribution is -0.137. The fourth-order valence-electron chi connectivity index (χ4n) is 2.18. The van der Waals surface area contributed by atoms with E-state index in [0.29, 0.717) is 5.56 Å². The molecular formula is C17H16F3NO3S. The molecule has 0 radical (unpaired) electrons. The Hall–Kier alpha value is -2.35. The average Bonchev–Trinajstić information content (AvgIpc) is 2.85. The standard InChI is InChI=1S/C17H16F3NO3S/c1-9-8-12(11(3)25-9)16(23)24-10(2)15(22)21-14-7-5-4-6-13(14)17(18,19)20/h4-8,10H,1-3H3,(H,21,22)/t10-/m0/s1. The summed E-state index contributed by atoms with van der Waals surface area (Å²) in [5.74, 6) is -1.52. The third-order valence-corrected chi connectivity index (χ3v) is 4.37. The summed E-state index contributed by atoms with van der Waals surface area (Å²) < 4.78 is 43.9. The molecule has 134 valence electrons. The quantitative estimate of drug-likeness (QED) is 0.801. The molecular weight excluding hydrogens is 355 g/mol. The van der Waals surface area contributed by atoms with Crippen LogP contribution in [-0.4, -0.2) is 18.0 Å². The van der Waals surface area contributed by atoms with Crippen LogP contribution in [0, 0.1) is 13.8 Å². The Labute approximate surface area is 146 Å². The lowest BCUT2D eigenvalue weighted by Gasteiger charge is -2.16. The van der Waals surface area contributed by atoms with Gasteiger partial charge in [-0.05, 0) is 39.0 Å². The largest absolute Gasteiger partial charge is 0.449 e. The normalized spacial score (nSPS) is 12.6. The van der Waals surface area contributed by atoms with Crippen molar-refractivity contribution in [3.05, 3.63) is 51.2 Å². The summed E-state index contributed by atoms with van der Waals surface area (Å²) in [6.07, 6.45) is -5.84. The second-order valence-electron chi connectivity index (χ2n) is 5.41. The van der Waals surface area contributed by atoms with E-state index in [1.54, 1.807) is 13.0 Å². The summed E-state index contributed by atoms with van der Waals surface area (Å²) in [5, 5.41) is 2.16. The van der Waals surface area contributed by atoms with Gasteiger partial charge in [0.1, 0.15) is 0 Å². The highest BCUT2D eigenvalue weighted by Gasteiger charge is 2.34. The number of ether oxygens (including phenoxy) is 1. The van der Waals surface area contributed by atoms with E-state index in [2.05, 4.69) is 5.32 Å². The minimum Gasteiger partial charge on any atom is -0.449 e. The molecule has 1 aromatic heterocycles. The molecule has 1 aromatic carbocycles. The molecule has 0 aliphatic carbocycles. The SMILES string of the molecule is Cc1cc(C(=O)O[C@@H](C)C(=O)Nc2ccccc2C(F)(F)F)c(C)s1. The van der Waals surface area contributed by atoms with Gasteiger partial charge in [0.05, 0.1) is 16.8 Å². The number of hydrogen-bond acceptors (Lipinski definition) is 4. The number of alkyl halides is 3. The predicted molar refractivity (Wildman–Crippen MR) is 88.7 cm³/mol. The highest BCUT2D eigenvalue weighted by molar-refractivity contribution is 7.12. The number of carbonyl (C=O) groups is 2. The number of para-hydroxylation sites is 1. The van der Waals surface area contributed by atoms with Crippen LogP contribution in [0.15, 0.2) is 30.3 Å². The van der Waals surface area contributed by atoms with Crippen LogP contribution < -0.4 is 5.32 Å². The van der Waals surface area contributed by atoms with Crippen molar-refractivity contribution in [2.24, 2.45) is 0 Å². The highest BCUT2D eigenvalue weighted by atomic mass is 32.1. The first-order valence-corrected chi connectivity index (χ1v) is 8.16. The molecule has 4 nitrogen and oxygen atoms in total. The monoisotopic (exact) mass is 371 g/mol. The van der Waals surface area contributed by atoms with Gasteiger partial charge in [-0.15, -0.1) is 11.3 Å². The van der Waals surface area contributed by atoms with E-state index < -0.39 is 29.7 Å². The van der Waals surface area contributed by atoms with Gasteiger partial charge in [0.15, 0.2) is 6.10 Å². The average molecular weight is 371 g/mol. The van der Waals surface area contributed by atoms with Gasteiger partial charge >= 0.3 is 12.1 Å². The van der Waals surface area contributed by atoms with Crippen LogP contribution in [0.3, 0.4) is 0 Å². The van der Waals surface area contributed by atoms with Gasteiger partial charge in [-0.25, -0.2) is 4.79 Å². The number of carbonyl (C=O) groups excluding carboxylic acids is 2. The smallest absolute Gasteiger partial charge is 0.418 e. The third kappa shape index (κ3) is 4.60. The third-order valence-electron chi connectivity index (χ3n) is 3.40. The van der Waals surface area contributed by atoms with Crippen LogP contribution in [0.25, 0.3) is 0 Å². The van der Waals surface area contributed by atoms with Crippen molar-refractivity contribution in [2.45, 2.75) is 33.1 Å². The predicted octanol–water partition coefficient (Wildman–Crippen LogP) is 4.57. The molecule has 1 amide bonds. The van der Waals surface area contributed by atoms with E-state index in [0.717, 1.165) is 21.9 Å². The zero-order valence-corrected chi connectivity index (χ0v) is 14.5. The summed E-state index contributed by atoms with van der Waals surface area (Å²) in [5.41, 5.74) is -1.01. The molecule has 0 aliphatic rings. The molecule has 25 heavy (non-hydrogen) atoms. The Morgan fingerprint density at radius 1 is 1.20 bits per heavy atom. The van der Waals surface area contributed by atoms with Crippen LogP contribution in [-0.2, 0) is 15.7 Å².